The van der Waals surface area contributed by atoms with E-state index in [1.54, 1.807) is 33.0 Å². The molecule has 1 aromatic carbocycles. The molecule has 0 aliphatic heterocycles. The van der Waals surface area contributed by atoms with Crippen LogP contribution in [-0.2, 0) is 9.53 Å². The number of aryl methyl sites for hydroxylation is 1. The topological polar surface area (TPSA) is 93.5 Å². The Balaban J connectivity index is 1.83. The molecule has 2 aromatic rings. The molecule has 0 aliphatic rings. The molecule has 134 valence electrons. The number of alkyl carbamates (subject to hydrolysis) is 1. The molecule has 0 spiro atoms. The molecule has 1 heterocycles. The Kier molecular flexibility index (Phi) is 5.80. The van der Waals surface area contributed by atoms with E-state index in [1.807, 2.05) is 19.1 Å². The van der Waals surface area contributed by atoms with E-state index in [2.05, 4.69) is 15.6 Å². The highest BCUT2D eigenvalue weighted by Crippen LogP contribution is 2.23. The smallest absolute Gasteiger partial charge is 0.407 e. The van der Waals surface area contributed by atoms with Crippen LogP contribution in [0.2, 0.25) is 0 Å². The number of carbonyl (C=O) groups excluding carboxylic acids is 2. The van der Waals surface area contributed by atoms with Gasteiger partial charge in [-0.15, -0.1) is 0 Å². The molecule has 7 nitrogen and oxygen atoms in total. The van der Waals surface area contributed by atoms with Crippen LogP contribution >= 0.6 is 0 Å². The van der Waals surface area contributed by atoms with Crippen molar-refractivity contribution in [2.24, 2.45) is 0 Å². The molecule has 25 heavy (non-hydrogen) atoms. The SMILES string of the molecule is Cc1cc(-c2ncco2)ccc1NC(=O)CCNC(=O)OC(C)(C)C. The van der Waals surface area contributed by atoms with Crippen LogP contribution in [0.1, 0.15) is 32.8 Å². The molecule has 2 amide bonds. The Morgan fingerprint density at radius 3 is 2.64 bits per heavy atom. The molecule has 1 aromatic heterocycles. The summed E-state index contributed by atoms with van der Waals surface area (Å²) in [7, 11) is 0. The molecule has 0 unspecified atom stereocenters. The maximum atomic E-state index is 12.0. The lowest BCUT2D eigenvalue weighted by molar-refractivity contribution is -0.116. The molecule has 2 N–H and O–H groups in total. The van der Waals surface area contributed by atoms with Gasteiger partial charge in [0, 0.05) is 24.2 Å². The highest BCUT2D eigenvalue weighted by molar-refractivity contribution is 5.92. The lowest BCUT2D eigenvalue weighted by Gasteiger charge is -2.19. The fourth-order valence-electron chi connectivity index (χ4n) is 2.11. The Morgan fingerprint density at radius 2 is 2.04 bits per heavy atom. The minimum atomic E-state index is -0.561. The van der Waals surface area contributed by atoms with Gasteiger partial charge in [0.1, 0.15) is 11.9 Å². The molecular formula is C18H23N3O4. The third kappa shape index (κ3) is 5.95. The van der Waals surface area contributed by atoms with Crippen LogP contribution < -0.4 is 10.6 Å². The van der Waals surface area contributed by atoms with Gasteiger partial charge in [0.15, 0.2) is 0 Å². The fourth-order valence-corrected chi connectivity index (χ4v) is 2.11. The summed E-state index contributed by atoms with van der Waals surface area (Å²) in [4.78, 5) is 27.6. The van der Waals surface area contributed by atoms with Crippen molar-refractivity contribution in [1.82, 2.24) is 10.3 Å². The second kappa shape index (κ2) is 7.83. The third-order valence-corrected chi connectivity index (χ3v) is 3.20. The molecule has 0 radical (unpaired) electrons. The highest BCUT2D eigenvalue weighted by atomic mass is 16.6. The zero-order valence-corrected chi connectivity index (χ0v) is 14.9. The molecule has 0 saturated heterocycles. The van der Waals surface area contributed by atoms with E-state index in [0.717, 1.165) is 11.1 Å². The summed E-state index contributed by atoms with van der Waals surface area (Å²) < 4.78 is 10.4. The molecule has 2 rings (SSSR count). The minimum absolute atomic E-state index is 0.153. The van der Waals surface area contributed by atoms with Gasteiger partial charge >= 0.3 is 6.09 Å². The quantitative estimate of drug-likeness (QED) is 0.865. The minimum Gasteiger partial charge on any atom is -0.445 e. The van der Waals surface area contributed by atoms with Gasteiger partial charge < -0.3 is 19.8 Å². The first-order valence-electron chi connectivity index (χ1n) is 8.02. The number of amides is 2. The number of hydrogen-bond donors (Lipinski definition) is 2. The average Bonchev–Trinajstić information content (AvgIpc) is 3.01. The number of rotatable bonds is 5. The first kappa shape index (κ1) is 18.5. The Labute approximate surface area is 146 Å². The van der Waals surface area contributed by atoms with Gasteiger partial charge in [-0.25, -0.2) is 9.78 Å². The Bertz CT molecular complexity index is 733. The number of nitrogens with one attached hydrogen (secondary N) is 2. The molecular weight excluding hydrogens is 322 g/mol. The van der Waals surface area contributed by atoms with Crippen LogP contribution in [-0.4, -0.2) is 29.1 Å². The van der Waals surface area contributed by atoms with Gasteiger partial charge in [0.05, 0.1) is 6.20 Å². The van der Waals surface area contributed by atoms with E-state index in [1.165, 1.54) is 6.26 Å². The van der Waals surface area contributed by atoms with E-state index in [9.17, 15) is 9.59 Å². The number of oxazole rings is 1. The maximum absolute atomic E-state index is 12.0. The average molecular weight is 345 g/mol. The maximum Gasteiger partial charge on any atom is 0.407 e. The molecule has 7 heteroatoms. The number of aromatic nitrogens is 1. The number of carbonyl (C=O) groups is 2. The second-order valence-corrected chi connectivity index (χ2v) is 6.59. The van der Waals surface area contributed by atoms with Gasteiger partial charge in [-0.1, -0.05) is 0 Å². The summed E-state index contributed by atoms with van der Waals surface area (Å²) in [6, 6.07) is 5.52. The lowest BCUT2D eigenvalue weighted by atomic mass is 10.1. The zero-order chi connectivity index (χ0) is 18.4. The summed E-state index contributed by atoms with van der Waals surface area (Å²) in [5, 5.41) is 5.38. The van der Waals surface area contributed by atoms with E-state index in [0.29, 0.717) is 11.6 Å². The van der Waals surface area contributed by atoms with Crippen LogP contribution in [0, 0.1) is 6.92 Å². The van der Waals surface area contributed by atoms with Crippen molar-refractivity contribution >= 4 is 17.7 Å². The molecule has 0 aliphatic carbocycles. The van der Waals surface area contributed by atoms with Crippen molar-refractivity contribution in [3.05, 3.63) is 36.2 Å². The lowest BCUT2D eigenvalue weighted by Crippen LogP contribution is -2.34. The third-order valence-electron chi connectivity index (χ3n) is 3.20. The summed E-state index contributed by atoms with van der Waals surface area (Å²) in [5.41, 5.74) is 1.88. The summed E-state index contributed by atoms with van der Waals surface area (Å²) in [6.45, 7) is 7.44. The summed E-state index contributed by atoms with van der Waals surface area (Å²) >= 11 is 0. The van der Waals surface area contributed by atoms with E-state index >= 15 is 0 Å². The fraction of sp³-hybridized carbons (Fsp3) is 0.389. The van der Waals surface area contributed by atoms with Gasteiger partial charge in [-0.2, -0.15) is 0 Å². The zero-order valence-electron chi connectivity index (χ0n) is 14.9. The van der Waals surface area contributed by atoms with Crippen molar-refractivity contribution in [2.75, 3.05) is 11.9 Å². The molecule has 0 bridgehead atoms. The van der Waals surface area contributed by atoms with Crippen LogP contribution in [0.25, 0.3) is 11.5 Å². The van der Waals surface area contributed by atoms with Crippen LogP contribution in [0.15, 0.2) is 35.1 Å². The van der Waals surface area contributed by atoms with Crippen molar-refractivity contribution < 1.29 is 18.7 Å². The van der Waals surface area contributed by atoms with Crippen LogP contribution in [0.4, 0.5) is 10.5 Å². The van der Waals surface area contributed by atoms with Gasteiger partial charge in [-0.05, 0) is 51.5 Å². The van der Waals surface area contributed by atoms with E-state index in [4.69, 9.17) is 9.15 Å². The largest absolute Gasteiger partial charge is 0.445 e. The number of hydrogen-bond acceptors (Lipinski definition) is 5. The summed E-state index contributed by atoms with van der Waals surface area (Å²) in [5.74, 6) is 0.338. The van der Waals surface area contributed by atoms with Crippen molar-refractivity contribution in [1.29, 1.82) is 0 Å². The first-order chi connectivity index (χ1) is 11.7. The second-order valence-electron chi connectivity index (χ2n) is 6.59. The van der Waals surface area contributed by atoms with Crippen molar-refractivity contribution in [2.45, 2.75) is 39.7 Å². The van der Waals surface area contributed by atoms with Crippen LogP contribution in [0.5, 0.6) is 0 Å². The predicted octanol–water partition coefficient (Wildman–Crippen LogP) is 3.50. The van der Waals surface area contributed by atoms with Crippen molar-refractivity contribution in [3.8, 4) is 11.5 Å². The summed E-state index contributed by atoms with van der Waals surface area (Å²) in [6.07, 6.45) is 2.71. The van der Waals surface area contributed by atoms with E-state index < -0.39 is 11.7 Å². The number of benzene rings is 1. The van der Waals surface area contributed by atoms with Crippen molar-refractivity contribution in [3.63, 3.8) is 0 Å². The van der Waals surface area contributed by atoms with Gasteiger partial charge in [-0.3, -0.25) is 4.79 Å². The Morgan fingerprint density at radius 1 is 1.28 bits per heavy atom. The molecule has 0 atom stereocenters. The Hall–Kier alpha value is -2.83. The first-order valence-corrected chi connectivity index (χ1v) is 8.02. The number of nitrogens with zero attached hydrogens (tertiary/aromatic N) is 1. The van der Waals surface area contributed by atoms with Crippen LogP contribution in [0.3, 0.4) is 0 Å². The number of anilines is 1. The monoisotopic (exact) mass is 345 g/mol. The highest BCUT2D eigenvalue weighted by Gasteiger charge is 2.16. The van der Waals surface area contributed by atoms with Gasteiger partial charge in [0.2, 0.25) is 11.8 Å². The molecule has 0 saturated carbocycles. The molecule has 0 fully saturated rings. The number of ether oxygens (including phenoxy) is 1. The normalized spacial score (nSPS) is 11.0. The van der Waals surface area contributed by atoms with E-state index in [-0.39, 0.29) is 18.9 Å². The van der Waals surface area contributed by atoms with Gasteiger partial charge in [0.25, 0.3) is 0 Å². The standard InChI is InChI=1S/C18H23N3O4/c1-12-11-13(16-19-9-10-24-16)5-6-14(12)21-15(22)7-8-20-17(23)25-18(2,3)4/h5-6,9-11H,7-8H2,1-4H3,(H,20,23)(H,21,22). The predicted molar refractivity (Wildman–Crippen MR) is 94.2 cm³/mol.